The number of hydrogen-bond donors (Lipinski definition) is 1. The fraction of sp³-hybridized carbons (Fsp3) is 0.250. The molecule has 1 aromatic rings. The molecule has 0 spiro atoms. The van der Waals surface area contributed by atoms with E-state index in [0.29, 0.717) is 0 Å². The van der Waals surface area contributed by atoms with Crippen LogP contribution in [0.5, 0.6) is 5.75 Å². The van der Waals surface area contributed by atoms with Crippen molar-refractivity contribution in [2.45, 2.75) is 4.90 Å². The fourth-order valence-corrected chi connectivity index (χ4v) is 1.88. The Labute approximate surface area is 81.6 Å². The summed E-state index contributed by atoms with van der Waals surface area (Å²) in [6, 6.07) is 2.78. The molecule has 78 valence electrons. The molecule has 1 aromatic carbocycles. The van der Waals surface area contributed by atoms with Crippen molar-refractivity contribution in [3.05, 3.63) is 24.0 Å². The maximum absolute atomic E-state index is 12.7. The maximum atomic E-state index is 12.7. The first-order valence-corrected chi connectivity index (χ1v) is 5.21. The Hall–Kier alpha value is -1.14. The SMILES string of the molecule is CN(C)S(=O)(=O)c1cc(F)ccc1O. The van der Waals surface area contributed by atoms with Crippen LogP contribution in [0.3, 0.4) is 0 Å². The Balaban J connectivity index is 3.40. The van der Waals surface area contributed by atoms with E-state index in [0.717, 1.165) is 22.5 Å². The summed E-state index contributed by atoms with van der Waals surface area (Å²) in [6.07, 6.45) is 0. The van der Waals surface area contributed by atoms with E-state index in [-0.39, 0.29) is 0 Å². The Kier molecular flexibility index (Phi) is 2.77. The predicted octanol–water partition coefficient (Wildman–Crippen LogP) is 0.782. The van der Waals surface area contributed by atoms with Crippen LogP contribution in [-0.2, 0) is 10.0 Å². The summed E-state index contributed by atoms with van der Waals surface area (Å²) in [7, 11) is -1.18. The summed E-state index contributed by atoms with van der Waals surface area (Å²) >= 11 is 0. The average molecular weight is 219 g/mol. The molecule has 0 heterocycles. The predicted molar refractivity (Wildman–Crippen MR) is 48.9 cm³/mol. The van der Waals surface area contributed by atoms with Gasteiger partial charge in [0.25, 0.3) is 0 Å². The number of nitrogens with zero attached hydrogens (tertiary/aromatic N) is 1. The molecule has 0 fully saturated rings. The van der Waals surface area contributed by atoms with E-state index in [4.69, 9.17) is 0 Å². The molecule has 14 heavy (non-hydrogen) atoms. The summed E-state index contributed by atoms with van der Waals surface area (Å²) in [6.45, 7) is 0. The first-order valence-electron chi connectivity index (χ1n) is 3.77. The van der Waals surface area contributed by atoms with Crippen molar-refractivity contribution in [3.63, 3.8) is 0 Å². The van der Waals surface area contributed by atoms with Crippen molar-refractivity contribution in [1.29, 1.82) is 0 Å². The van der Waals surface area contributed by atoms with Gasteiger partial charge in [0.05, 0.1) is 0 Å². The monoisotopic (exact) mass is 219 g/mol. The summed E-state index contributed by atoms with van der Waals surface area (Å²) in [5, 5.41) is 9.25. The number of rotatable bonds is 2. The van der Waals surface area contributed by atoms with Gasteiger partial charge in [0.1, 0.15) is 16.5 Å². The van der Waals surface area contributed by atoms with Crippen molar-refractivity contribution in [2.24, 2.45) is 0 Å². The van der Waals surface area contributed by atoms with Crippen molar-refractivity contribution in [1.82, 2.24) is 4.31 Å². The van der Waals surface area contributed by atoms with Crippen LogP contribution in [0.4, 0.5) is 4.39 Å². The van der Waals surface area contributed by atoms with E-state index < -0.39 is 26.5 Å². The van der Waals surface area contributed by atoms with Gasteiger partial charge in [0.15, 0.2) is 0 Å². The first-order chi connectivity index (χ1) is 6.35. The zero-order valence-electron chi connectivity index (χ0n) is 7.73. The van der Waals surface area contributed by atoms with Gasteiger partial charge in [-0.25, -0.2) is 17.1 Å². The van der Waals surface area contributed by atoms with E-state index in [1.807, 2.05) is 0 Å². The molecule has 0 aliphatic rings. The highest BCUT2D eigenvalue weighted by Crippen LogP contribution is 2.24. The standard InChI is InChI=1S/C8H10FNO3S/c1-10(2)14(12,13)8-5-6(9)3-4-7(8)11/h3-5,11H,1-2H3. The van der Waals surface area contributed by atoms with E-state index in [1.54, 1.807) is 0 Å². The molecule has 0 aromatic heterocycles. The fourth-order valence-electron chi connectivity index (χ4n) is 0.891. The summed E-state index contributed by atoms with van der Waals surface area (Å²) in [4.78, 5) is -0.428. The van der Waals surface area contributed by atoms with E-state index >= 15 is 0 Å². The molecule has 0 aliphatic carbocycles. The number of phenols is 1. The van der Waals surface area contributed by atoms with Crippen molar-refractivity contribution in [2.75, 3.05) is 14.1 Å². The van der Waals surface area contributed by atoms with Gasteiger partial charge < -0.3 is 5.11 Å². The lowest BCUT2D eigenvalue weighted by molar-refractivity contribution is 0.449. The van der Waals surface area contributed by atoms with Crippen molar-refractivity contribution >= 4 is 10.0 Å². The second kappa shape index (κ2) is 3.55. The normalized spacial score (nSPS) is 12.0. The molecule has 0 bridgehead atoms. The van der Waals surface area contributed by atoms with Gasteiger partial charge in [-0.1, -0.05) is 0 Å². The summed E-state index contributed by atoms with van der Waals surface area (Å²) in [5.41, 5.74) is 0. The Bertz CT molecular complexity index is 442. The van der Waals surface area contributed by atoms with Crippen LogP contribution in [0.25, 0.3) is 0 Å². The first kappa shape index (κ1) is 10.9. The third kappa shape index (κ3) is 1.85. The number of aromatic hydroxyl groups is 1. The van der Waals surface area contributed by atoms with Gasteiger partial charge in [-0.15, -0.1) is 0 Å². The third-order valence-electron chi connectivity index (χ3n) is 1.68. The number of hydrogen-bond acceptors (Lipinski definition) is 3. The minimum atomic E-state index is -3.79. The lowest BCUT2D eigenvalue weighted by atomic mass is 10.3. The van der Waals surface area contributed by atoms with Crippen LogP contribution in [-0.4, -0.2) is 31.9 Å². The highest BCUT2D eigenvalue weighted by molar-refractivity contribution is 7.89. The lowest BCUT2D eigenvalue weighted by Gasteiger charge is -2.12. The molecule has 1 N–H and O–H groups in total. The highest BCUT2D eigenvalue weighted by atomic mass is 32.2. The maximum Gasteiger partial charge on any atom is 0.246 e. The van der Waals surface area contributed by atoms with Crippen LogP contribution in [0, 0.1) is 5.82 Å². The number of benzene rings is 1. The molecule has 0 aliphatic heterocycles. The van der Waals surface area contributed by atoms with Crippen LogP contribution < -0.4 is 0 Å². The second-order valence-electron chi connectivity index (χ2n) is 2.90. The van der Waals surface area contributed by atoms with Crippen LogP contribution in [0.2, 0.25) is 0 Å². The Morgan fingerprint density at radius 3 is 2.43 bits per heavy atom. The molecule has 0 saturated heterocycles. The molecule has 0 atom stereocenters. The summed E-state index contributed by atoms with van der Waals surface area (Å²) < 4.78 is 36.7. The van der Waals surface area contributed by atoms with Gasteiger partial charge >= 0.3 is 0 Å². The molecule has 0 saturated carbocycles. The number of halogens is 1. The smallest absolute Gasteiger partial charge is 0.246 e. The number of sulfonamides is 1. The molecular weight excluding hydrogens is 209 g/mol. The van der Waals surface area contributed by atoms with E-state index in [2.05, 4.69) is 0 Å². The minimum absolute atomic E-state index is 0.428. The summed E-state index contributed by atoms with van der Waals surface area (Å²) in [5.74, 6) is -1.16. The zero-order valence-corrected chi connectivity index (χ0v) is 8.55. The largest absolute Gasteiger partial charge is 0.507 e. The number of phenolic OH excluding ortho intramolecular Hbond substituents is 1. The molecule has 1 rings (SSSR count). The average Bonchev–Trinajstić information content (AvgIpc) is 2.08. The van der Waals surface area contributed by atoms with E-state index in [1.165, 1.54) is 14.1 Å². The molecule has 0 unspecified atom stereocenters. The molecule has 0 amide bonds. The van der Waals surface area contributed by atoms with Crippen molar-refractivity contribution in [3.8, 4) is 5.75 Å². The van der Waals surface area contributed by atoms with Crippen LogP contribution in [0.15, 0.2) is 23.1 Å². The quantitative estimate of drug-likeness (QED) is 0.799. The van der Waals surface area contributed by atoms with Crippen LogP contribution >= 0.6 is 0 Å². The molecule has 4 nitrogen and oxygen atoms in total. The Morgan fingerprint density at radius 1 is 1.36 bits per heavy atom. The minimum Gasteiger partial charge on any atom is -0.507 e. The third-order valence-corrected chi connectivity index (χ3v) is 3.52. The zero-order chi connectivity index (χ0) is 10.9. The molecule has 0 radical (unpaired) electrons. The molecule has 6 heteroatoms. The van der Waals surface area contributed by atoms with E-state index in [9.17, 15) is 17.9 Å². The Morgan fingerprint density at radius 2 is 1.93 bits per heavy atom. The van der Waals surface area contributed by atoms with Gasteiger partial charge in [-0.2, -0.15) is 0 Å². The van der Waals surface area contributed by atoms with Gasteiger partial charge in [0, 0.05) is 14.1 Å². The van der Waals surface area contributed by atoms with Crippen LogP contribution in [0.1, 0.15) is 0 Å². The topological polar surface area (TPSA) is 57.6 Å². The van der Waals surface area contributed by atoms with Gasteiger partial charge in [-0.3, -0.25) is 0 Å². The second-order valence-corrected chi connectivity index (χ2v) is 5.02. The van der Waals surface area contributed by atoms with Gasteiger partial charge in [0.2, 0.25) is 10.0 Å². The van der Waals surface area contributed by atoms with Gasteiger partial charge in [-0.05, 0) is 18.2 Å². The van der Waals surface area contributed by atoms with Crippen molar-refractivity contribution < 1.29 is 17.9 Å². The lowest BCUT2D eigenvalue weighted by Crippen LogP contribution is -2.22. The molecular formula is C8H10FNO3S. The highest BCUT2D eigenvalue weighted by Gasteiger charge is 2.21.